The van der Waals surface area contributed by atoms with Crippen LogP contribution in [-0.2, 0) is 11.3 Å². The zero-order chi connectivity index (χ0) is 13.7. The van der Waals surface area contributed by atoms with Crippen molar-refractivity contribution in [3.8, 4) is 5.69 Å². The zero-order valence-electron chi connectivity index (χ0n) is 10.3. The van der Waals surface area contributed by atoms with Crippen LogP contribution in [-0.4, -0.2) is 40.5 Å². The van der Waals surface area contributed by atoms with Gasteiger partial charge in [-0.15, -0.1) is 5.10 Å². The monoisotopic (exact) mass is 269 g/mol. The lowest BCUT2D eigenvalue weighted by molar-refractivity contribution is 0.199. The molecule has 0 atom stereocenters. The number of hydrogen-bond donors (Lipinski definition) is 1. The van der Waals surface area contributed by atoms with E-state index in [0.717, 1.165) is 16.8 Å². The average Bonchev–Trinajstić information content (AvgIpc) is 2.83. The Bertz CT molecular complexity index is 525. The molecule has 0 amide bonds. The summed E-state index contributed by atoms with van der Waals surface area (Å²) in [6, 6.07) is 3.60. The lowest BCUT2D eigenvalue weighted by Gasteiger charge is -2.07. The van der Waals surface area contributed by atoms with Gasteiger partial charge in [-0.25, -0.2) is 8.78 Å². The van der Waals surface area contributed by atoms with E-state index < -0.39 is 11.6 Å². The first-order valence-electron chi connectivity index (χ1n) is 5.65. The molecule has 0 radical (unpaired) electrons. The van der Waals surface area contributed by atoms with Crippen LogP contribution >= 0.6 is 0 Å². The van der Waals surface area contributed by atoms with Gasteiger partial charge >= 0.3 is 0 Å². The Morgan fingerprint density at radius 2 is 2.05 bits per heavy atom. The van der Waals surface area contributed by atoms with Gasteiger partial charge in [0.2, 0.25) is 0 Å². The first-order valence-corrected chi connectivity index (χ1v) is 5.65. The number of tetrazole rings is 1. The Labute approximate surface area is 108 Å². The SMILES string of the molecule is COCCNCc1nnnn1-c1c(F)cccc1F. The minimum Gasteiger partial charge on any atom is -0.383 e. The molecule has 0 spiro atoms. The number of methoxy groups -OCH3 is 1. The fourth-order valence-corrected chi connectivity index (χ4v) is 1.56. The minimum absolute atomic E-state index is 0.281. The van der Waals surface area contributed by atoms with Crippen LogP contribution < -0.4 is 5.32 Å². The van der Waals surface area contributed by atoms with Crippen molar-refractivity contribution in [3.63, 3.8) is 0 Å². The van der Waals surface area contributed by atoms with Crippen LogP contribution in [0, 0.1) is 11.6 Å². The third-order valence-electron chi connectivity index (χ3n) is 2.45. The van der Waals surface area contributed by atoms with Gasteiger partial charge in [0, 0.05) is 13.7 Å². The van der Waals surface area contributed by atoms with E-state index in [1.54, 1.807) is 7.11 Å². The zero-order valence-corrected chi connectivity index (χ0v) is 10.3. The van der Waals surface area contributed by atoms with E-state index in [-0.39, 0.29) is 12.2 Å². The molecule has 19 heavy (non-hydrogen) atoms. The summed E-state index contributed by atoms with van der Waals surface area (Å²) in [5.41, 5.74) is -0.281. The van der Waals surface area contributed by atoms with Crippen molar-refractivity contribution in [2.75, 3.05) is 20.3 Å². The number of hydrogen-bond acceptors (Lipinski definition) is 5. The molecule has 1 aromatic carbocycles. The summed E-state index contributed by atoms with van der Waals surface area (Å²) >= 11 is 0. The first kappa shape index (κ1) is 13.5. The summed E-state index contributed by atoms with van der Waals surface area (Å²) in [4.78, 5) is 0. The number of aromatic nitrogens is 4. The van der Waals surface area contributed by atoms with Crippen molar-refractivity contribution < 1.29 is 13.5 Å². The maximum absolute atomic E-state index is 13.6. The maximum Gasteiger partial charge on any atom is 0.170 e. The van der Waals surface area contributed by atoms with Crippen molar-refractivity contribution in [1.82, 2.24) is 25.5 Å². The molecule has 2 aromatic rings. The van der Waals surface area contributed by atoms with E-state index in [4.69, 9.17) is 4.74 Å². The smallest absolute Gasteiger partial charge is 0.170 e. The lowest BCUT2D eigenvalue weighted by Crippen LogP contribution is -2.21. The first-order chi connectivity index (χ1) is 9.24. The highest BCUT2D eigenvalue weighted by Gasteiger charge is 2.16. The number of ether oxygens (including phenoxy) is 1. The number of benzene rings is 1. The van der Waals surface area contributed by atoms with Gasteiger partial charge in [-0.3, -0.25) is 0 Å². The molecule has 0 unspecified atom stereocenters. The van der Waals surface area contributed by atoms with Crippen LogP contribution in [0.15, 0.2) is 18.2 Å². The van der Waals surface area contributed by atoms with Gasteiger partial charge < -0.3 is 10.1 Å². The highest BCUT2D eigenvalue weighted by Crippen LogP contribution is 2.17. The Kier molecular flexibility index (Phi) is 4.48. The number of nitrogens with zero attached hydrogens (tertiary/aromatic N) is 4. The third-order valence-corrected chi connectivity index (χ3v) is 2.45. The van der Waals surface area contributed by atoms with Gasteiger partial charge in [0.1, 0.15) is 5.69 Å². The Hall–Kier alpha value is -1.93. The van der Waals surface area contributed by atoms with Gasteiger partial charge in [0.15, 0.2) is 17.5 Å². The Balaban J connectivity index is 2.19. The molecule has 1 aromatic heterocycles. The van der Waals surface area contributed by atoms with Gasteiger partial charge in [0.25, 0.3) is 0 Å². The normalized spacial score (nSPS) is 10.9. The molecule has 1 N–H and O–H groups in total. The van der Waals surface area contributed by atoms with E-state index in [1.807, 2.05) is 0 Å². The Morgan fingerprint density at radius 3 is 2.74 bits per heavy atom. The molecule has 102 valence electrons. The summed E-state index contributed by atoms with van der Waals surface area (Å²) in [6.07, 6.45) is 0. The van der Waals surface area contributed by atoms with E-state index in [1.165, 1.54) is 6.07 Å². The second-order valence-corrected chi connectivity index (χ2v) is 3.75. The molecular formula is C11H13F2N5O. The van der Waals surface area contributed by atoms with Crippen LogP contribution in [0.25, 0.3) is 5.69 Å². The van der Waals surface area contributed by atoms with Crippen LogP contribution in [0.5, 0.6) is 0 Å². The highest BCUT2D eigenvalue weighted by atomic mass is 19.1. The molecule has 2 rings (SSSR count). The standard InChI is InChI=1S/C11H13F2N5O/c1-19-6-5-14-7-10-15-16-17-18(10)11-8(12)3-2-4-9(11)13/h2-4,14H,5-7H2,1H3. The van der Waals surface area contributed by atoms with E-state index in [9.17, 15) is 8.78 Å². The van der Waals surface area contributed by atoms with Crippen molar-refractivity contribution in [2.45, 2.75) is 6.54 Å². The quantitative estimate of drug-likeness (QED) is 0.781. The molecule has 0 aliphatic carbocycles. The summed E-state index contributed by atoms with van der Waals surface area (Å²) in [5, 5.41) is 13.8. The minimum atomic E-state index is -0.717. The van der Waals surface area contributed by atoms with Crippen molar-refractivity contribution in [2.24, 2.45) is 0 Å². The largest absolute Gasteiger partial charge is 0.383 e. The van der Waals surface area contributed by atoms with Crippen LogP contribution in [0.1, 0.15) is 5.82 Å². The Morgan fingerprint density at radius 1 is 1.32 bits per heavy atom. The van der Waals surface area contributed by atoms with Crippen LogP contribution in [0.4, 0.5) is 8.78 Å². The molecule has 0 fully saturated rings. The molecule has 0 bridgehead atoms. The molecule has 0 saturated heterocycles. The lowest BCUT2D eigenvalue weighted by atomic mass is 10.3. The van der Waals surface area contributed by atoms with Crippen molar-refractivity contribution in [3.05, 3.63) is 35.7 Å². The molecule has 1 heterocycles. The van der Waals surface area contributed by atoms with E-state index in [0.29, 0.717) is 19.0 Å². The molecule has 8 heteroatoms. The molecule has 0 saturated carbocycles. The maximum atomic E-state index is 13.6. The van der Waals surface area contributed by atoms with E-state index >= 15 is 0 Å². The molecular weight excluding hydrogens is 256 g/mol. The van der Waals surface area contributed by atoms with Gasteiger partial charge in [-0.1, -0.05) is 6.07 Å². The van der Waals surface area contributed by atoms with Gasteiger partial charge in [-0.2, -0.15) is 4.68 Å². The second-order valence-electron chi connectivity index (χ2n) is 3.75. The fourth-order valence-electron chi connectivity index (χ4n) is 1.56. The summed E-state index contributed by atoms with van der Waals surface area (Å²) < 4.78 is 33.2. The fraction of sp³-hybridized carbons (Fsp3) is 0.364. The third kappa shape index (κ3) is 3.09. The molecule has 6 nitrogen and oxygen atoms in total. The second kappa shape index (κ2) is 6.30. The van der Waals surface area contributed by atoms with E-state index in [2.05, 4.69) is 20.8 Å². The summed E-state index contributed by atoms with van der Waals surface area (Å²) in [6.45, 7) is 1.39. The van der Waals surface area contributed by atoms with Crippen LogP contribution in [0.3, 0.4) is 0 Å². The van der Waals surface area contributed by atoms with Gasteiger partial charge in [0.05, 0.1) is 13.2 Å². The topological polar surface area (TPSA) is 64.9 Å². The van der Waals surface area contributed by atoms with Gasteiger partial charge in [-0.05, 0) is 22.6 Å². The number of nitrogens with one attached hydrogen (secondary N) is 1. The number of para-hydroxylation sites is 1. The van der Waals surface area contributed by atoms with Crippen molar-refractivity contribution in [1.29, 1.82) is 0 Å². The molecule has 0 aliphatic rings. The predicted octanol–water partition coefficient (Wildman–Crippen LogP) is 0.676. The highest BCUT2D eigenvalue weighted by molar-refractivity contribution is 5.34. The predicted molar refractivity (Wildman–Crippen MR) is 62.7 cm³/mol. The molecule has 0 aliphatic heterocycles. The van der Waals surface area contributed by atoms with Crippen LogP contribution in [0.2, 0.25) is 0 Å². The average molecular weight is 269 g/mol. The van der Waals surface area contributed by atoms with Crippen molar-refractivity contribution >= 4 is 0 Å². The summed E-state index contributed by atoms with van der Waals surface area (Å²) in [5.74, 6) is -1.11. The number of rotatable bonds is 6. The number of halogens is 2. The summed E-state index contributed by atoms with van der Waals surface area (Å²) in [7, 11) is 1.58.